The molecular formula is C23H21N5O4. The van der Waals surface area contributed by atoms with Gasteiger partial charge in [0.25, 0.3) is 11.6 Å². The molecule has 3 heterocycles. The van der Waals surface area contributed by atoms with E-state index in [9.17, 15) is 19.7 Å². The van der Waals surface area contributed by atoms with Crippen molar-refractivity contribution in [1.82, 2.24) is 14.9 Å². The van der Waals surface area contributed by atoms with E-state index >= 15 is 0 Å². The van der Waals surface area contributed by atoms with Gasteiger partial charge in [0.1, 0.15) is 12.6 Å². The van der Waals surface area contributed by atoms with Crippen LogP contribution in [0.15, 0.2) is 53.6 Å². The summed E-state index contributed by atoms with van der Waals surface area (Å²) in [6.07, 6.45) is 1.77. The Bertz CT molecular complexity index is 1310. The molecule has 32 heavy (non-hydrogen) atoms. The molecule has 9 heteroatoms. The molecule has 1 fully saturated rings. The van der Waals surface area contributed by atoms with E-state index in [1.165, 1.54) is 18.3 Å². The van der Waals surface area contributed by atoms with Gasteiger partial charge in [-0.1, -0.05) is 30.3 Å². The number of nitro groups is 1. The first-order valence-electron chi connectivity index (χ1n) is 10.3. The Labute approximate surface area is 183 Å². The van der Waals surface area contributed by atoms with Crippen LogP contribution in [0.1, 0.15) is 30.7 Å². The monoisotopic (exact) mass is 431 g/mol. The van der Waals surface area contributed by atoms with Crippen LogP contribution in [0, 0.1) is 10.1 Å². The molecule has 9 nitrogen and oxygen atoms in total. The Morgan fingerprint density at radius 3 is 2.75 bits per heavy atom. The third kappa shape index (κ3) is 2.96. The van der Waals surface area contributed by atoms with Crippen LogP contribution in [-0.2, 0) is 21.5 Å². The van der Waals surface area contributed by atoms with Crippen LogP contribution in [0.3, 0.4) is 0 Å². The molecule has 1 saturated heterocycles. The van der Waals surface area contributed by atoms with Crippen LogP contribution >= 0.6 is 0 Å². The molecule has 5 rings (SSSR count). The van der Waals surface area contributed by atoms with Gasteiger partial charge in [-0.2, -0.15) is 5.10 Å². The number of fused-ring (bicyclic) bond motifs is 4. The van der Waals surface area contributed by atoms with Gasteiger partial charge in [0.05, 0.1) is 16.7 Å². The maximum atomic E-state index is 13.4. The lowest BCUT2D eigenvalue weighted by Crippen LogP contribution is -2.66. The minimum atomic E-state index is -0.681. The number of hydrazone groups is 1. The average Bonchev–Trinajstić information content (AvgIpc) is 3.15. The number of nitro benzene ring substituents is 1. The summed E-state index contributed by atoms with van der Waals surface area (Å²) in [4.78, 5) is 42.1. The van der Waals surface area contributed by atoms with Crippen LogP contribution < -0.4 is 0 Å². The van der Waals surface area contributed by atoms with Gasteiger partial charge in [-0.3, -0.25) is 19.7 Å². The van der Waals surface area contributed by atoms with Gasteiger partial charge in [-0.25, -0.2) is 5.01 Å². The molecule has 0 spiro atoms. The van der Waals surface area contributed by atoms with Crippen molar-refractivity contribution in [3.8, 4) is 0 Å². The summed E-state index contributed by atoms with van der Waals surface area (Å²) in [5, 5.41) is 17.4. The summed E-state index contributed by atoms with van der Waals surface area (Å²) < 4.78 is 0. The van der Waals surface area contributed by atoms with Gasteiger partial charge in [0, 0.05) is 40.7 Å². The highest BCUT2D eigenvalue weighted by atomic mass is 16.6. The van der Waals surface area contributed by atoms with Gasteiger partial charge >= 0.3 is 0 Å². The van der Waals surface area contributed by atoms with Gasteiger partial charge < -0.3 is 9.88 Å². The van der Waals surface area contributed by atoms with Gasteiger partial charge in [-0.15, -0.1) is 0 Å². The summed E-state index contributed by atoms with van der Waals surface area (Å²) in [6.45, 7) is 3.71. The molecule has 3 aromatic rings. The number of carbonyl (C=O) groups excluding carboxylic acids is 2. The molecule has 0 saturated carbocycles. The molecule has 0 aliphatic carbocycles. The van der Waals surface area contributed by atoms with E-state index in [1.54, 1.807) is 17.0 Å². The van der Waals surface area contributed by atoms with E-state index in [-0.39, 0.29) is 24.0 Å². The van der Waals surface area contributed by atoms with Crippen molar-refractivity contribution in [2.24, 2.45) is 5.10 Å². The van der Waals surface area contributed by atoms with E-state index in [4.69, 9.17) is 0 Å². The zero-order valence-electron chi connectivity index (χ0n) is 17.6. The Hall–Kier alpha value is -4.01. The van der Waals surface area contributed by atoms with Crippen molar-refractivity contribution in [2.75, 3.05) is 6.54 Å². The number of piperazine rings is 1. The second kappa shape index (κ2) is 7.01. The van der Waals surface area contributed by atoms with Crippen molar-refractivity contribution in [3.05, 3.63) is 75.5 Å². The number of hydrogen-bond acceptors (Lipinski definition) is 5. The van der Waals surface area contributed by atoms with E-state index in [0.29, 0.717) is 12.0 Å². The lowest BCUT2D eigenvalue weighted by molar-refractivity contribution is -0.384. The van der Waals surface area contributed by atoms with Crippen LogP contribution in [0.25, 0.3) is 10.9 Å². The number of rotatable bonds is 3. The minimum absolute atomic E-state index is 0.0675. The molecule has 1 atom stereocenters. The maximum Gasteiger partial charge on any atom is 0.270 e. The van der Waals surface area contributed by atoms with Crippen molar-refractivity contribution in [3.63, 3.8) is 0 Å². The molecule has 162 valence electrons. The molecule has 0 radical (unpaired) electrons. The average molecular weight is 431 g/mol. The highest BCUT2D eigenvalue weighted by Crippen LogP contribution is 2.42. The molecule has 1 N–H and O–H groups in total. The number of hydrogen-bond donors (Lipinski definition) is 1. The molecule has 1 aromatic heterocycles. The number of carbonyl (C=O) groups is 2. The normalized spacial score (nSPS) is 20.0. The SMILES string of the molecule is CC1(C)c2[nH]c3ccccc3c2C[C@@H]2C(=O)N(/N=C\c3cccc([N+](=O)[O-])c3)CC(=O)N21. The summed E-state index contributed by atoms with van der Waals surface area (Å²) in [5.41, 5.74) is 2.69. The number of nitrogens with zero attached hydrogens (tertiary/aromatic N) is 4. The number of aromatic amines is 1. The van der Waals surface area contributed by atoms with Crippen molar-refractivity contribution >= 4 is 34.6 Å². The van der Waals surface area contributed by atoms with E-state index in [0.717, 1.165) is 27.2 Å². The number of nitrogens with one attached hydrogen (secondary N) is 1. The van der Waals surface area contributed by atoms with Crippen molar-refractivity contribution in [2.45, 2.75) is 31.8 Å². The number of aromatic nitrogens is 1. The zero-order valence-corrected chi connectivity index (χ0v) is 17.6. The second-order valence-electron chi connectivity index (χ2n) is 8.56. The largest absolute Gasteiger partial charge is 0.356 e. The fraction of sp³-hybridized carbons (Fsp3) is 0.261. The fourth-order valence-electron chi connectivity index (χ4n) is 4.82. The number of non-ortho nitro benzene ring substituents is 1. The number of benzene rings is 2. The third-order valence-electron chi connectivity index (χ3n) is 6.26. The summed E-state index contributed by atoms with van der Waals surface area (Å²) in [7, 11) is 0. The highest BCUT2D eigenvalue weighted by molar-refractivity contribution is 5.98. The van der Waals surface area contributed by atoms with Crippen molar-refractivity contribution < 1.29 is 14.5 Å². The topological polar surface area (TPSA) is 112 Å². The molecule has 0 bridgehead atoms. The van der Waals surface area contributed by atoms with Gasteiger partial charge in [-0.05, 0) is 25.5 Å². The van der Waals surface area contributed by atoms with Gasteiger partial charge in [0.2, 0.25) is 5.91 Å². The standard InChI is InChI=1S/C23H21N5O4/c1-23(2)21-17(16-8-3-4-9-18(16)25-21)11-19-22(30)26(13-20(29)27(19)23)24-12-14-6-5-7-15(10-14)28(31)32/h3-10,12,19,25H,11,13H2,1-2H3/b24-12-/t19-/m1/s1. The number of amides is 2. The quantitative estimate of drug-likeness (QED) is 0.390. The van der Waals surface area contributed by atoms with Crippen molar-refractivity contribution in [1.29, 1.82) is 0 Å². The Balaban J connectivity index is 1.49. The van der Waals surface area contributed by atoms with E-state index in [2.05, 4.69) is 10.1 Å². The Kier molecular flexibility index (Phi) is 4.37. The Morgan fingerprint density at radius 2 is 1.97 bits per heavy atom. The smallest absolute Gasteiger partial charge is 0.270 e. The predicted octanol–water partition coefficient (Wildman–Crippen LogP) is 2.94. The van der Waals surface area contributed by atoms with E-state index in [1.807, 2.05) is 38.1 Å². The lowest BCUT2D eigenvalue weighted by atomic mass is 9.82. The minimum Gasteiger partial charge on any atom is -0.356 e. The number of H-pyrrole nitrogens is 1. The summed E-state index contributed by atoms with van der Waals surface area (Å²) >= 11 is 0. The van der Waals surface area contributed by atoms with E-state index < -0.39 is 16.5 Å². The van der Waals surface area contributed by atoms with Crippen LogP contribution in [-0.4, -0.2) is 50.4 Å². The molecule has 2 amide bonds. The summed E-state index contributed by atoms with van der Waals surface area (Å²) in [5.74, 6) is -0.463. The predicted molar refractivity (Wildman–Crippen MR) is 118 cm³/mol. The molecule has 2 aliphatic heterocycles. The Morgan fingerprint density at radius 1 is 1.19 bits per heavy atom. The van der Waals surface area contributed by atoms with Crippen LogP contribution in [0.4, 0.5) is 5.69 Å². The first-order chi connectivity index (χ1) is 15.3. The third-order valence-corrected chi connectivity index (χ3v) is 6.26. The molecular weight excluding hydrogens is 410 g/mol. The maximum absolute atomic E-state index is 13.4. The molecule has 0 unspecified atom stereocenters. The highest BCUT2D eigenvalue weighted by Gasteiger charge is 2.51. The fourth-order valence-corrected chi connectivity index (χ4v) is 4.82. The first-order valence-corrected chi connectivity index (χ1v) is 10.3. The first kappa shape index (κ1) is 19.9. The van der Waals surface area contributed by atoms with Crippen LogP contribution in [0.2, 0.25) is 0 Å². The molecule has 2 aliphatic rings. The lowest BCUT2D eigenvalue weighted by Gasteiger charge is -2.50. The second-order valence-corrected chi connectivity index (χ2v) is 8.56. The summed E-state index contributed by atoms with van der Waals surface area (Å²) in [6, 6.07) is 13.2. The number of para-hydroxylation sites is 1. The molecule has 2 aromatic carbocycles. The van der Waals surface area contributed by atoms with Crippen LogP contribution in [0.5, 0.6) is 0 Å². The van der Waals surface area contributed by atoms with Gasteiger partial charge in [0.15, 0.2) is 0 Å². The zero-order chi connectivity index (χ0) is 22.6.